The van der Waals surface area contributed by atoms with Gasteiger partial charge in [0, 0.05) is 17.3 Å². The molecule has 0 fully saturated rings. The summed E-state index contributed by atoms with van der Waals surface area (Å²) in [6.45, 7) is 0.509. The topological polar surface area (TPSA) is 70.0 Å². The summed E-state index contributed by atoms with van der Waals surface area (Å²) in [5.41, 5.74) is 2.22. The Morgan fingerprint density at radius 2 is 1.86 bits per heavy atom. The first-order chi connectivity index (χ1) is 9.91. The fraction of sp³-hybridized carbons (Fsp3) is 0.133. The van der Waals surface area contributed by atoms with Crippen molar-refractivity contribution in [3.63, 3.8) is 0 Å². The van der Waals surface area contributed by atoms with Gasteiger partial charge in [-0.25, -0.2) is 8.42 Å². The Morgan fingerprint density at radius 1 is 1.19 bits per heavy atom. The van der Waals surface area contributed by atoms with E-state index in [4.69, 9.17) is 5.26 Å². The van der Waals surface area contributed by atoms with Gasteiger partial charge in [-0.3, -0.25) is 0 Å². The highest BCUT2D eigenvalue weighted by atomic mass is 79.9. The van der Waals surface area contributed by atoms with E-state index in [-0.39, 0.29) is 0 Å². The molecule has 0 aliphatic heterocycles. The van der Waals surface area contributed by atoms with E-state index in [9.17, 15) is 8.42 Å². The molecule has 0 aliphatic carbocycles. The van der Waals surface area contributed by atoms with Gasteiger partial charge in [-0.1, -0.05) is 18.2 Å². The summed E-state index contributed by atoms with van der Waals surface area (Å²) in [5, 5.41) is 12.3. The Balaban J connectivity index is 2.15. The van der Waals surface area contributed by atoms with Crippen molar-refractivity contribution in [3.8, 4) is 6.07 Å². The molecule has 2 rings (SSSR count). The van der Waals surface area contributed by atoms with Crippen LogP contribution in [0, 0.1) is 11.3 Å². The largest absolute Gasteiger partial charge is 0.380 e. The highest BCUT2D eigenvalue weighted by Crippen LogP contribution is 2.24. The number of sulfone groups is 1. The second-order valence-electron chi connectivity index (χ2n) is 4.54. The number of nitriles is 1. The van der Waals surface area contributed by atoms with Crippen LogP contribution in [0.5, 0.6) is 0 Å². The minimum Gasteiger partial charge on any atom is -0.380 e. The lowest BCUT2D eigenvalue weighted by Crippen LogP contribution is -2.02. The molecule has 2 aromatic carbocycles. The van der Waals surface area contributed by atoms with Crippen LogP contribution in [0.4, 0.5) is 5.69 Å². The van der Waals surface area contributed by atoms with Gasteiger partial charge in [0.05, 0.1) is 16.1 Å². The van der Waals surface area contributed by atoms with Gasteiger partial charge in [0.25, 0.3) is 0 Å². The molecule has 4 nitrogen and oxygen atoms in total. The van der Waals surface area contributed by atoms with Gasteiger partial charge in [-0.2, -0.15) is 5.26 Å². The van der Waals surface area contributed by atoms with E-state index in [1.807, 2.05) is 18.2 Å². The molecular weight excluding hydrogens is 352 g/mol. The minimum atomic E-state index is -3.17. The van der Waals surface area contributed by atoms with Gasteiger partial charge in [-0.05, 0) is 45.8 Å². The molecule has 0 heterocycles. The predicted octanol–water partition coefficient (Wildman–Crippen LogP) is 3.34. The molecule has 0 atom stereocenters. The average Bonchev–Trinajstić information content (AvgIpc) is 2.44. The average molecular weight is 365 g/mol. The Morgan fingerprint density at radius 3 is 2.43 bits per heavy atom. The lowest BCUT2D eigenvalue weighted by Gasteiger charge is -2.09. The molecular formula is C15H13BrN2O2S. The van der Waals surface area contributed by atoms with Crippen LogP contribution in [0.25, 0.3) is 0 Å². The number of hydrogen-bond acceptors (Lipinski definition) is 4. The van der Waals surface area contributed by atoms with Crippen molar-refractivity contribution in [2.24, 2.45) is 0 Å². The molecule has 2 aromatic rings. The van der Waals surface area contributed by atoms with Crippen molar-refractivity contribution in [2.45, 2.75) is 11.4 Å². The van der Waals surface area contributed by atoms with E-state index in [0.717, 1.165) is 15.7 Å². The zero-order chi connectivity index (χ0) is 15.5. The fourth-order valence-corrected chi connectivity index (χ4v) is 2.92. The summed E-state index contributed by atoms with van der Waals surface area (Å²) in [4.78, 5) is 0.298. The van der Waals surface area contributed by atoms with Gasteiger partial charge in [-0.15, -0.1) is 0 Å². The minimum absolute atomic E-state index is 0.298. The Labute approximate surface area is 132 Å². The second-order valence-corrected chi connectivity index (χ2v) is 7.41. The number of nitrogens with one attached hydrogen (secondary N) is 1. The van der Waals surface area contributed by atoms with Crippen LogP contribution in [0.3, 0.4) is 0 Å². The highest BCUT2D eigenvalue weighted by Gasteiger charge is 2.07. The first-order valence-electron chi connectivity index (χ1n) is 6.13. The van der Waals surface area contributed by atoms with Gasteiger partial charge in [0.2, 0.25) is 0 Å². The van der Waals surface area contributed by atoms with Crippen molar-refractivity contribution in [1.82, 2.24) is 0 Å². The molecule has 0 saturated carbocycles. The van der Waals surface area contributed by atoms with E-state index >= 15 is 0 Å². The molecule has 0 spiro atoms. The molecule has 0 bridgehead atoms. The molecule has 0 aliphatic rings. The first-order valence-corrected chi connectivity index (χ1v) is 8.82. The zero-order valence-corrected chi connectivity index (χ0v) is 13.7. The maximum Gasteiger partial charge on any atom is 0.175 e. The molecule has 0 saturated heterocycles. The van der Waals surface area contributed by atoms with Crippen LogP contribution >= 0.6 is 15.9 Å². The first kappa shape index (κ1) is 15.5. The molecule has 0 unspecified atom stereocenters. The van der Waals surface area contributed by atoms with Crippen LogP contribution in [-0.4, -0.2) is 14.7 Å². The number of hydrogen-bond donors (Lipinski definition) is 1. The summed E-state index contributed by atoms with van der Waals surface area (Å²) in [6.07, 6.45) is 1.18. The molecule has 1 N–H and O–H groups in total. The number of rotatable bonds is 4. The van der Waals surface area contributed by atoms with Crippen molar-refractivity contribution < 1.29 is 8.42 Å². The van der Waals surface area contributed by atoms with Gasteiger partial charge in [0.15, 0.2) is 9.84 Å². The van der Waals surface area contributed by atoms with Gasteiger partial charge >= 0.3 is 0 Å². The maximum atomic E-state index is 11.4. The summed E-state index contributed by atoms with van der Waals surface area (Å²) in [6, 6.07) is 14.3. The summed E-state index contributed by atoms with van der Waals surface area (Å²) in [5.74, 6) is 0. The number of halogens is 1. The monoisotopic (exact) mass is 364 g/mol. The highest BCUT2D eigenvalue weighted by molar-refractivity contribution is 9.10. The van der Waals surface area contributed by atoms with Gasteiger partial charge < -0.3 is 5.32 Å². The molecule has 0 amide bonds. The Hall–Kier alpha value is -1.84. The number of anilines is 1. The number of benzene rings is 2. The SMILES string of the molecule is CS(=O)(=O)c1ccc(CNc2cccc(Br)c2C#N)cc1. The Kier molecular flexibility index (Phi) is 4.66. The Bertz CT molecular complexity index is 793. The van der Waals surface area contributed by atoms with Crippen molar-refractivity contribution in [3.05, 3.63) is 58.1 Å². The third kappa shape index (κ3) is 3.84. The van der Waals surface area contributed by atoms with Crippen LogP contribution in [0.15, 0.2) is 51.8 Å². The number of nitrogens with zero attached hydrogens (tertiary/aromatic N) is 1. The van der Waals surface area contributed by atoms with Crippen molar-refractivity contribution in [1.29, 1.82) is 5.26 Å². The van der Waals surface area contributed by atoms with Gasteiger partial charge in [0.1, 0.15) is 6.07 Å². The molecule has 21 heavy (non-hydrogen) atoms. The molecule has 108 valence electrons. The van der Waals surface area contributed by atoms with E-state index in [0.29, 0.717) is 17.0 Å². The smallest absolute Gasteiger partial charge is 0.175 e. The standard InChI is InChI=1S/C15H13BrN2O2S/c1-21(19,20)12-7-5-11(6-8-12)10-18-15-4-2-3-14(16)13(15)9-17/h2-8,18H,10H2,1H3. The second kappa shape index (κ2) is 6.29. The van der Waals surface area contributed by atoms with Crippen LogP contribution < -0.4 is 5.32 Å². The molecule has 0 radical (unpaired) electrons. The quantitative estimate of drug-likeness (QED) is 0.902. The summed E-state index contributed by atoms with van der Waals surface area (Å²) < 4.78 is 23.5. The van der Waals surface area contributed by atoms with Crippen LogP contribution in [0.2, 0.25) is 0 Å². The fourth-order valence-electron chi connectivity index (χ4n) is 1.84. The normalized spacial score (nSPS) is 10.9. The predicted molar refractivity (Wildman–Crippen MR) is 85.7 cm³/mol. The van der Waals surface area contributed by atoms with Crippen molar-refractivity contribution in [2.75, 3.05) is 11.6 Å². The van der Waals surface area contributed by atoms with Crippen LogP contribution in [0.1, 0.15) is 11.1 Å². The van der Waals surface area contributed by atoms with E-state index in [1.165, 1.54) is 6.26 Å². The lowest BCUT2D eigenvalue weighted by molar-refractivity contribution is 0.602. The molecule has 6 heteroatoms. The van der Waals surface area contributed by atoms with Crippen LogP contribution in [-0.2, 0) is 16.4 Å². The van der Waals surface area contributed by atoms with E-state index < -0.39 is 9.84 Å². The third-order valence-electron chi connectivity index (χ3n) is 2.96. The molecule has 0 aromatic heterocycles. The summed E-state index contributed by atoms with van der Waals surface area (Å²) in [7, 11) is -3.17. The van der Waals surface area contributed by atoms with E-state index in [2.05, 4.69) is 27.3 Å². The third-order valence-corrected chi connectivity index (χ3v) is 4.75. The van der Waals surface area contributed by atoms with E-state index in [1.54, 1.807) is 24.3 Å². The summed E-state index contributed by atoms with van der Waals surface area (Å²) >= 11 is 3.34. The maximum absolute atomic E-state index is 11.4. The lowest BCUT2D eigenvalue weighted by atomic mass is 10.1. The zero-order valence-electron chi connectivity index (χ0n) is 11.3. The van der Waals surface area contributed by atoms with Crippen molar-refractivity contribution >= 4 is 31.5 Å².